The fraction of sp³-hybridized carbons (Fsp3) is 0.741. The third kappa shape index (κ3) is 16.1. The van der Waals surface area contributed by atoms with Gasteiger partial charge in [-0.15, -0.1) is 0 Å². The molecule has 5 nitrogen and oxygen atoms in total. The molecule has 0 saturated heterocycles. The van der Waals surface area contributed by atoms with Crippen LogP contribution in [0.1, 0.15) is 109 Å². The highest BCUT2D eigenvalue weighted by Crippen LogP contribution is 2.14. The van der Waals surface area contributed by atoms with E-state index in [1.54, 1.807) is 24.3 Å². The molecular weight excluding hydrogens is 404 g/mol. The highest BCUT2D eigenvalue weighted by atomic mass is 16.5. The van der Waals surface area contributed by atoms with Gasteiger partial charge in [-0.05, 0) is 24.1 Å². The van der Waals surface area contributed by atoms with Crippen molar-refractivity contribution in [1.82, 2.24) is 0 Å². The number of carbonyl (C=O) groups excluding carboxylic acids is 1. The van der Waals surface area contributed by atoms with Gasteiger partial charge in [0.2, 0.25) is 0 Å². The number of benzene rings is 1. The highest BCUT2D eigenvalue weighted by Gasteiger charge is 2.09. The summed E-state index contributed by atoms with van der Waals surface area (Å²) in [6.07, 6.45) is 11.4. The monoisotopic (exact) mass is 455 g/mol. The average Bonchev–Trinajstić information content (AvgIpc) is 2.85. The van der Waals surface area contributed by atoms with Crippen molar-refractivity contribution in [2.45, 2.75) is 110 Å². The molecule has 5 heteroatoms. The van der Waals surface area contributed by atoms with Crippen molar-refractivity contribution in [2.75, 3.05) is 20.2 Å². The highest BCUT2D eigenvalue weighted by molar-refractivity contribution is 5.69. The first-order valence-corrected chi connectivity index (χ1v) is 12.2. The van der Waals surface area contributed by atoms with Crippen LogP contribution >= 0.6 is 0 Å². The standard InChI is InChI=1S/C27H46O5/c1-3-4-5-6-7-8-9-10-11-12-13-14-15-16-27(29)32-23-25(28)22-31-21-24-17-19-26(30-2)20-18-24/h17-20,25,28H,3-16,21-23H2,1-2H3/i22D2,23D2,25D. The van der Waals surface area contributed by atoms with Crippen LogP contribution in [0.5, 0.6) is 5.75 Å². The number of aliphatic hydroxyl groups is 1. The Morgan fingerprint density at radius 2 is 1.44 bits per heavy atom. The van der Waals surface area contributed by atoms with Gasteiger partial charge in [0.05, 0.1) is 27.1 Å². The maximum absolute atomic E-state index is 12.1. The predicted octanol–water partition coefficient (Wildman–Crippen LogP) is 6.60. The Balaban J connectivity index is 2.30. The van der Waals surface area contributed by atoms with Crippen LogP contribution in [-0.2, 0) is 20.9 Å². The molecule has 0 spiro atoms. The third-order valence-corrected chi connectivity index (χ3v) is 5.31. The van der Waals surface area contributed by atoms with Gasteiger partial charge in [-0.1, -0.05) is 96.1 Å². The lowest BCUT2D eigenvalue weighted by Crippen LogP contribution is -2.23. The van der Waals surface area contributed by atoms with Crippen molar-refractivity contribution in [1.29, 1.82) is 0 Å². The van der Waals surface area contributed by atoms with Crippen LogP contribution in [0, 0.1) is 0 Å². The minimum Gasteiger partial charge on any atom is -0.497 e. The van der Waals surface area contributed by atoms with Crippen LogP contribution in [-0.4, -0.2) is 37.4 Å². The van der Waals surface area contributed by atoms with Gasteiger partial charge >= 0.3 is 5.97 Å². The second-order valence-electron chi connectivity index (χ2n) is 8.16. The molecule has 0 aliphatic carbocycles. The zero-order valence-electron chi connectivity index (χ0n) is 25.0. The van der Waals surface area contributed by atoms with Crippen LogP contribution in [0.3, 0.4) is 0 Å². The van der Waals surface area contributed by atoms with Gasteiger partial charge in [0, 0.05) is 6.42 Å². The molecule has 0 aliphatic rings. The van der Waals surface area contributed by atoms with Gasteiger partial charge in [0.25, 0.3) is 0 Å². The van der Waals surface area contributed by atoms with Crippen LogP contribution in [0.25, 0.3) is 0 Å². The number of hydrogen-bond donors (Lipinski definition) is 1. The molecule has 1 atom stereocenters. The van der Waals surface area contributed by atoms with E-state index in [1.807, 2.05) is 0 Å². The van der Waals surface area contributed by atoms with Gasteiger partial charge < -0.3 is 19.3 Å². The Labute approximate surface area is 202 Å². The van der Waals surface area contributed by atoms with Gasteiger partial charge in [-0.25, -0.2) is 0 Å². The number of carbonyl (C=O) groups is 1. The van der Waals surface area contributed by atoms with Gasteiger partial charge in [0.15, 0.2) is 0 Å². The fourth-order valence-corrected chi connectivity index (χ4v) is 3.37. The number of rotatable bonds is 21. The molecule has 0 fully saturated rings. The summed E-state index contributed by atoms with van der Waals surface area (Å²) in [5, 5.41) is 10.4. The van der Waals surface area contributed by atoms with E-state index in [0.29, 0.717) is 17.7 Å². The van der Waals surface area contributed by atoms with E-state index in [1.165, 1.54) is 64.9 Å². The number of unbranched alkanes of at least 4 members (excludes halogenated alkanes) is 12. The third-order valence-electron chi connectivity index (χ3n) is 5.31. The quantitative estimate of drug-likeness (QED) is 0.167. The van der Waals surface area contributed by atoms with Crippen LogP contribution in [0.4, 0.5) is 0 Å². The van der Waals surface area contributed by atoms with Crippen molar-refractivity contribution in [3.63, 3.8) is 0 Å². The van der Waals surface area contributed by atoms with E-state index in [0.717, 1.165) is 19.3 Å². The van der Waals surface area contributed by atoms with Gasteiger partial charge in [0.1, 0.15) is 18.4 Å². The molecule has 1 rings (SSSR count). The first kappa shape index (κ1) is 21.0. The van der Waals surface area contributed by atoms with Gasteiger partial charge in [-0.3, -0.25) is 4.79 Å². The molecule has 0 bridgehead atoms. The first-order chi connectivity index (χ1) is 17.5. The molecule has 0 aliphatic heterocycles. The van der Waals surface area contributed by atoms with Crippen molar-refractivity contribution in [2.24, 2.45) is 0 Å². The summed E-state index contributed by atoms with van der Waals surface area (Å²) in [7, 11) is 1.51. The summed E-state index contributed by atoms with van der Waals surface area (Å²) >= 11 is 0. The minimum absolute atomic E-state index is 0.0664. The summed E-state index contributed by atoms with van der Waals surface area (Å²) in [6, 6.07) is 6.50. The van der Waals surface area contributed by atoms with Crippen molar-refractivity contribution in [3.8, 4) is 5.75 Å². The predicted molar refractivity (Wildman–Crippen MR) is 130 cm³/mol. The second kappa shape index (κ2) is 20.0. The zero-order valence-corrected chi connectivity index (χ0v) is 20.0. The first-order valence-electron chi connectivity index (χ1n) is 14.7. The molecule has 1 unspecified atom stereocenters. The second-order valence-corrected chi connectivity index (χ2v) is 8.16. The Morgan fingerprint density at radius 3 is 1.97 bits per heavy atom. The lowest BCUT2D eigenvalue weighted by Gasteiger charge is -2.12. The summed E-state index contributed by atoms with van der Waals surface area (Å²) in [5.41, 5.74) is 0.528. The van der Waals surface area contributed by atoms with Gasteiger partial charge in [-0.2, -0.15) is 0 Å². The van der Waals surface area contributed by atoms with Crippen LogP contribution in [0.15, 0.2) is 24.3 Å². The van der Waals surface area contributed by atoms with E-state index < -0.39 is 25.2 Å². The molecule has 184 valence electrons. The lowest BCUT2D eigenvalue weighted by atomic mass is 10.0. The van der Waals surface area contributed by atoms with E-state index in [9.17, 15) is 9.90 Å². The van der Waals surface area contributed by atoms with E-state index >= 15 is 0 Å². The average molecular weight is 456 g/mol. The SMILES string of the molecule is [2H]C([2H])(OCc1ccc(OC)cc1)C([2H])(O)C([2H])([2H])OC(=O)CCCCCCCCCCCCCCC. The molecule has 1 N–H and O–H groups in total. The molecule has 1 aromatic carbocycles. The normalized spacial score (nSPS) is 16.2. The van der Waals surface area contributed by atoms with Crippen LogP contribution in [0.2, 0.25) is 0 Å². The maximum atomic E-state index is 12.1. The summed E-state index contributed by atoms with van der Waals surface area (Å²) < 4.78 is 54.3. The number of hydrogen-bond acceptors (Lipinski definition) is 5. The Morgan fingerprint density at radius 1 is 0.906 bits per heavy atom. The Hall–Kier alpha value is -1.59. The smallest absolute Gasteiger partial charge is 0.305 e. The molecule has 0 saturated carbocycles. The van der Waals surface area contributed by atoms with E-state index in [2.05, 4.69) is 6.92 Å². The maximum Gasteiger partial charge on any atom is 0.305 e. The molecule has 0 amide bonds. The lowest BCUT2D eigenvalue weighted by molar-refractivity contribution is -0.148. The molecule has 32 heavy (non-hydrogen) atoms. The number of ether oxygens (including phenoxy) is 3. The molecule has 0 aromatic heterocycles. The van der Waals surface area contributed by atoms with Crippen molar-refractivity contribution >= 4 is 5.97 Å². The van der Waals surface area contributed by atoms with Crippen molar-refractivity contribution in [3.05, 3.63) is 29.8 Å². The number of methoxy groups -OCH3 is 1. The van der Waals surface area contributed by atoms with E-state index in [4.69, 9.17) is 21.1 Å². The van der Waals surface area contributed by atoms with Crippen LogP contribution < -0.4 is 4.74 Å². The molecule has 0 heterocycles. The largest absolute Gasteiger partial charge is 0.497 e. The molecule has 1 aromatic rings. The molecular formula is C27H46O5. The minimum atomic E-state index is -3.49. The zero-order chi connectivity index (χ0) is 27.8. The summed E-state index contributed by atoms with van der Waals surface area (Å²) in [4.78, 5) is 12.1. The summed E-state index contributed by atoms with van der Waals surface area (Å²) in [6.45, 7) is -4.58. The Bertz CT molecular complexity index is 756. The Kier molecular flexibility index (Phi) is 13.1. The fourth-order valence-electron chi connectivity index (χ4n) is 3.37. The summed E-state index contributed by atoms with van der Waals surface area (Å²) in [5.74, 6) is -0.333. The topological polar surface area (TPSA) is 65.0 Å². The van der Waals surface area contributed by atoms with E-state index in [-0.39, 0.29) is 13.0 Å². The molecule has 0 radical (unpaired) electrons. The number of esters is 1. The van der Waals surface area contributed by atoms with Crippen molar-refractivity contribution < 1.29 is 31.0 Å².